The summed E-state index contributed by atoms with van der Waals surface area (Å²) in [6.45, 7) is 7.42. The number of aromatic nitrogens is 1. The Hall–Kier alpha value is -3.65. The van der Waals surface area contributed by atoms with Gasteiger partial charge < -0.3 is 24.3 Å². The van der Waals surface area contributed by atoms with Gasteiger partial charge in [0.05, 0.1) is 43.6 Å². The molecule has 2 aliphatic carbocycles. The lowest BCUT2D eigenvalue weighted by molar-refractivity contribution is -0.101. The molecule has 51 heavy (non-hydrogen) atoms. The Labute approximate surface area is 300 Å². The first-order chi connectivity index (χ1) is 24.4. The fourth-order valence-electron chi connectivity index (χ4n) is 9.55. The van der Waals surface area contributed by atoms with Gasteiger partial charge in [-0.1, -0.05) is 25.3 Å². The number of benzene rings is 2. The highest BCUT2D eigenvalue weighted by Crippen LogP contribution is 2.60. The maximum absolute atomic E-state index is 14.3. The molecule has 4 atom stereocenters. The topological polar surface area (TPSA) is 125 Å². The number of piperazine rings is 1. The molecule has 0 spiro atoms. The summed E-state index contributed by atoms with van der Waals surface area (Å²) in [7, 11) is 0.482. The SMILES string of the molecule is COc1ccc2c(c1)C1CC1(NC(=O)N1CC3COCC(C1)N3C(C)C)Cn1c-2c(C2CCCCC2)c2ccc(C(=O)NS(=O)(=O)N(C)C)cc21. The predicted molar refractivity (Wildman–Crippen MR) is 195 cm³/mol. The molecule has 0 radical (unpaired) electrons. The standard InChI is InChI=1S/C38H50N6O6S/c1-23(2)44-26-18-42(19-27(44)21-50-20-26)37(46)39-38-17-32(38)31-16-28(49-5)12-14-29(31)35-34(24-9-7-6-8-10-24)30-13-11-25(15-33(30)43(35)22-38)36(45)40-51(47,48)41(3)4/h11-16,23-24,26-27,32H,6-10,17-22H2,1-5H3,(H,39,46)(H,40,45). The van der Waals surface area contributed by atoms with Gasteiger partial charge in [0, 0.05) is 67.7 Å². The number of nitrogens with zero attached hydrogens (tertiary/aromatic N) is 4. The number of rotatable bonds is 7. The molecule has 3 aromatic rings. The number of carbonyl (C=O) groups excluding carboxylic acids is 2. The summed E-state index contributed by atoms with van der Waals surface area (Å²) >= 11 is 0. The van der Waals surface area contributed by atoms with E-state index in [2.05, 4.69) is 45.5 Å². The smallest absolute Gasteiger partial charge is 0.318 e. The van der Waals surface area contributed by atoms with Crippen LogP contribution in [0.25, 0.3) is 22.2 Å². The van der Waals surface area contributed by atoms with Gasteiger partial charge in [-0.2, -0.15) is 12.7 Å². The lowest BCUT2D eigenvalue weighted by atomic mass is 9.81. The van der Waals surface area contributed by atoms with Crippen molar-refractivity contribution in [3.8, 4) is 17.0 Å². The van der Waals surface area contributed by atoms with E-state index in [-0.39, 0.29) is 29.6 Å². The third-order valence-corrected chi connectivity index (χ3v) is 13.5. The second-order valence-electron chi connectivity index (χ2n) is 15.7. The first kappa shape index (κ1) is 34.4. The number of ether oxygens (including phenoxy) is 2. The highest BCUT2D eigenvalue weighted by atomic mass is 32.2. The van der Waals surface area contributed by atoms with Crippen LogP contribution >= 0.6 is 0 Å². The van der Waals surface area contributed by atoms with Crippen LogP contribution in [0.2, 0.25) is 0 Å². The molecule has 4 fully saturated rings. The van der Waals surface area contributed by atoms with E-state index in [1.54, 1.807) is 13.2 Å². The van der Waals surface area contributed by atoms with Crippen LogP contribution in [0.3, 0.4) is 0 Å². The molecule has 2 N–H and O–H groups in total. The molecule has 4 heterocycles. The first-order valence-electron chi connectivity index (χ1n) is 18.4. The minimum Gasteiger partial charge on any atom is -0.497 e. The number of morpholine rings is 1. The Kier molecular flexibility index (Phi) is 8.63. The zero-order valence-corrected chi connectivity index (χ0v) is 31.1. The van der Waals surface area contributed by atoms with Crippen LogP contribution in [0.1, 0.15) is 85.7 Å². The van der Waals surface area contributed by atoms with E-state index in [9.17, 15) is 18.0 Å². The minimum atomic E-state index is -3.98. The monoisotopic (exact) mass is 718 g/mol. The van der Waals surface area contributed by atoms with Crippen LogP contribution in [0.5, 0.6) is 5.75 Å². The van der Waals surface area contributed by atoms with E-state index in [4.69, 9.17) is 9.47 Å². The lowest BCUT2D eigenvalue weighted by Gasteiger charge is -2.51. The van der Waals surface area contributed by atoms with Crippen molar-refractivity contribution in [2.75, 3.05) is 47.5 Å². The molecule has 2 saturated carbocycles. The maximum atomic E-state index is 14.3. The number of urea groups is 1. The molecule has 13 heteroatoms. The van der Waals surface area contributed by atoms with E-state index in [0.717, 1.165) is 64.3 Å². The largest absolute Gasteiger partial charge is 0.497 e. The molecule has 2 saturated heterocycles. The summed E-state index contributed by atoms with van der Waals surface area (Å²) in [5, 5.41) is 4.64. The molecule has 3 amide bonds. The summed E-state index contributed by atoms with van der Waals surface area (Å²) in [6.07, 6.45) is 6.49. The Morgan fingerprint density at radius 1 is 1.02 bits per heavy atom. The molecule has 12 nitrogen and oxygen atoms in total. The fraction of sp³-hybridized carbons (Fsp3) is 0.579. The first-order valence-corrected chi connectivity index (χ1v) is 19.9. The molecule has 3 aliphatic heterocycles. The molecule has 8 rings (SSSR count). The van der Waals surface area contributed by atoms with Gasteiger partial charge in [0.15, 0.2) is 0 Å². The van der Waals surface area contributed by atoms with Crippen molar-refractivity contribution < 1.29 is 27.5 Å². The average molecular weight is 719 g/mol. The summed E-state index contributed by atoms with van der Waals surface area (Å²) in [6, 6.07) is 12.5. The third-order valence-electron chi connectivity index (χ3n) is 12.1. The highest BCUT2D eigenvalue weighted by Gasteiger charge is 2.59. The van der Waals surface area contributed by atoms with E-state index >= 15 is 0 Å². The number of hydrogen-bond donors (Lipinski definition) is 2. The number of methoxy groups -OCH3 is 1. The van der Waals surface area contributed by atoms with Crippen molar-refractivity contribution in [3.05, 3.63) is 53.1 Å². The molecule has 274 valence electrons. The minimum absolute atomic E-state index is 0.0522. The van der Waals surface area contributed by atoms with Gasteiger partial charge in [-0.25, -0.2) is 9.52 Å². The van der Waals surface area contributed by atoms with Crippen LogP contribution in [0.15, 0.2) is 36.4 Å². The van der Waals surface area contributed by atoms with Gasteiger partial charge >= 0.3 is 16.2 Å². The molecular formula is C38H50N6O6S. The summed E-state index contributed by atoms with van der Waals surface area (Å²) in [5.41, 5.74) is 5.30. The number of carbonyl (C=O) groups is 2. The van der Waals surface area contributed by atoms with Gasteiger partial charge in [0.25, 0.3) is 5.91 Å². The van der Waals surface area contributed by atoms with Crippen LogP contribution in [-0.2, 0) is 21.5 Å². The molecule has 2 aromatic carbocycles. The lowest BCUT2D eigenvalue weighted by Crippen LogP contribution is -2.68. The van der Waals surface area contributed by atoms with Crippen molar-refractivity contribution >= 4 is 33.1 Å². The number of hydrogen-bond acceptors (Lipinski definition) is 7. The van der Waals surface area contributed by atoms with Crippen molar-refractivity contribution in [3.63, 3.8) is 0 Å². The fourth-order valence-corrected chi connectivity index (χ4v) is 10.1. The number of nitrogens with one attached hydrogen (secondary N) is 2. The van der Waals surface area contributed by atoms with Gasteiger partial charge in [0.2, 0.25) is 0 Å². The zero-order valence-electron chi connectivity index (χ0n) is 30.3. The molecular weight excluding hydrogens is 669 g/mol. The van der Waals surface area contributed by atoms with Crippen molar-refractivity contribution in [2.45, 2.75) is 94.4 Å². The van der Waals surface area contributed by atoms with Crippen LogP contribution in [0, 0.1) is 0 Å². The van der Waals surface area contributed by atoms with Gasteiger partial charge in [0.1, 0.15) is 5.75 Å². The van der Waals surface area contributed by atoms with Crippen molar-refractivity contribution in [1.82, 2.24) is 28.7 Å². The molecule has 1 aromatic heterocycles. The average Bonchev–Trinajstić information content (AvgIpc) is 3.74. The van der Waals surface area contributed by atoms with E-state index in [1.165, 1.54) is 31.6 Å². The molecule has 2 bridgehead atoms. The Morgan fingerprint density at radius 3 is 2.41 bits per heavy atom. The van der Waals surface area contributed by atoms with Crippen LogP contribution < -0.4 is 14.8 Å². The van der Waals surface area contributed by atoms with E-state index in [1.807, 2.05) is 23.1 Å². The Morgan fingerprint density at radius 2 is 1.75 bits per heavy atom. The highest BCUT2D eigenvalue weighted by molar-refractivity contribution is 7.87. The summed E-state index contributed by atoms with van der Waals surface area (Å²) in [5.74, 6) is 0.530. The second-order valence-corrected chi connectivity index (χ2v) is 17.6. The van der Waals surface area contributed by atoms with Crippen molar-refractivity contribution in [2.24, 2.45) is 0 Å². The Bertz CT molecular complexity index is 1970. The quantitative estimate of drug-likeness (QED) is 0.365. The molecule has 4 unspecified atom stereocenters. The summed E-state index contributed by atoms with van der Waals surface area (Å²) < 4.78 is 42.4. The van der Waals surface area contributed by atoms with Gasteiger partial charge in [-0.15, -0.1) is 0 Å². The summed E-state index contributed by atoms with van der Waals surface area (Å²) in [4.78, 5) is 32.2. The predicted octanol–water partition coefficient (Wildman–Crippen LogP) is 4.64. The Balaban J connectivity index is 1.23. The van der Waals surface area contributed by atoms with Gasteiger partial charge in [-0.05, 0) is 80.5 Å². The van der Waals surface area contributed by atoms with Crippen molar-refractivity contribution in [1.29, 1.82) is 0 Å². The number of amides is 3. The van der Waals surface area contributed by atoms with Gasteiger partial charge in [-0.3, -0.25) is 9.69 Å². The normalized spacial score (nSPS) is 26.3. The maximum Gasteiger partial charge on any atom is 0.318 e. The second kappa shape index (κ2) is 12.8. The van der Waals surface area contributed by atoms with E-state index in [0.29, 0.717) is 44.8 Å². The number of fused-ring (bicyclic) bond motifs is 9. The third kappa shape index (κ3) is 5.90. The molecule has 5 aliphatic rings. The van der Waals surface area contributed by atoms with E-state index < -0.39 is 21.7 Å². The zero-order chi connectivity index (χ0) is 35.8. The van der Waals surface area contributed by atoms with Crippen LogP contribution in [0.4, 0.5) is 4.79 Å². The van der Waals surface area contributed by atoms with Crippen LogP contribution in [-0.4, -0.2) is 110 Å².